The Hall–Kier alpha value is -1.27. The summed E-state index contributed by atoms with van der Waals surface area (Å²) in [4.78, 5) is 0. The minimum atomic E-state index is -0.367. The average molecular weight is 213 g/mol. The Balaban J connectivity index is 2.73. The van der Waals surface area contributed by atoms with Gasteiger partial charge in [0.25, 0.3) is 0 Å². The van der Waals surface area contributed by atoms with Crippen LogP contribution >= 0.6 is 11.6 Å². The van der Waals surface area contributed by atoms with Gasteiger partial charge >= 0.3 is 0 Å². The molecule has 1 aromatic rings. The first kappa shape index (κ1) is 10.8. The quantitative estimate of drug-likeness (QED) is 0.835. The molecular formula is C10H10ClFN2. The molecule has 0 saturated carbocycles. The van der Waals surface area contributed by atoms with Crippen molar-refractivity contribution in [2.45, 2.75) is 19.4 Å². The Kier molecular flexibility index (Phi) is 3.73. The van der Waals surface area contributed by atoms with Crippen molar-refractivity contribution >= 4 is 17.3 Å². The van der Waals surface area contributed by atoms with E-state index in [4.69, 9.17) is 16.9 Å². The highest BCUT2D eigenvalue weighted by molar-refractivity contribution is 6.33. The van der Waals surface area contributed by atoms with E-state index in [-0.39, 0.29) is 11.9 Å². The van der Waals surface area contributed by atoms with Crippen LogP contribution in [0.15, 0.2) is 18.2 Å². The lowest BCUT2D eigenvalue weighted by Crippen LogP contribution is -2.14. The maximum atomic E-state index is 12.7. The third-order valence-electron chi connectivity index (χ3n) is 1.73. The molecule has 0 radical (unpaired) electrons. The molecule has 0 amide bonds. The maximum Gasteiger partial charge on any atom is 0.124 e. The Morgan fingerprint density at radius 2 is 2.36 bits per heavy atom. The number of nitrogens with one attached hydrogen (secondary N) is 1. The molecule has 0 aliphatic carbocycles. The van der Waals surface area contributed by atoms with Gasteiger partial charge in [0.2, 0.25) is 0 Å². The largest absolute Gasteiger partial charge is 0.380 e. The zero-order chi connectivity index (χ0) is 10.6. The molecule has 1 atom stereocenters. The van der Waals surface area contributed by atoms with Crippen molar-refractivity contribution in [3.63, 3.8) is 0 Å². The molecule has 0 bridgehead atoms. The highest BCUT2D eigenvalue weighted by atomic mass is 35.5. The molecule has 0 spiro atoms. The SMILES string of the molecule is CC(CC#N)Nc1ccc(F)cc1Cl. The van der Waals surface area contributed by atoms with Crippen LogP contribution in [0.2, 0.25) is 5.02 Å². The molecular weight excluding hydrogens is 203 g/mol. The molecule has 0 saturated heterocycles. The predicted octanol–water partition coefficient (Wildman–Crippen LogP) is 3.19. The molecule has 0 fully saturated rings. The minimum Gasteiger partial charge on any atom is -0.380 e. The molecule has 0 aliphatic heterocycles. The number of nitrogens with zero attached hydrogens (tertiary/aromatic N) is 1. The summed E-state index contributed by atoms with van der Waals surface area (Å²) >= 11 is 5.79. The van der Waals surface area contributed by atoms with Crippen LogP contribution in [0.5, 0.6) is 0 Å². The van der Waals surface area contributed by atoms with Crippen molar-refractivity contribution < 1.29 is 4.39 Å². The number of anilines is 1. The van der Waals surface area contributed by atoms with E-state index in [9.17, 15) is 4.39 Å². The van der Waals surface area contributed by atoms with E-state index in [0.717, 1.165) is 0 Å². The van der Waals surface area contributed by atoms with Gasteiger partial charge < -0.3 is 5.32 Å². The fraction of sp³-hybridized carbons (Fsp3) is 0.300. The lowest BCUT2D eigenvalue weighted by atomic mass is 10.2. The van der Waals surface area contributed by atoms with Crippen molar-refractivity contribution in [2.24, 2.45) is 0 Å². The highest BCUT2D eigenvalue weighted by Gasteiger charge is 2.05. The molecule has 0 aliphatic rings. The number of nitriles is 1. The Bertz CT molecular complexity index is 360. The van der Waals surface area contributed by atoms with Gasteiger partial charge in [0.05, 0.1) is 23.2 Å². The van der Waals surface area contributed by atoms with E-state index in [0.29, 0.717) is 17.1 Å². The zero-order valence-electron chi connectivity index (χ0n) is 7.72. The predicted molar refractivity (Wildman–Crippen MR) is 54.7 cm³/mol. The molecule has 1 rings (SSSR count). The molecule has 1 unspecified atom stereocenters. The first-order valence-electron chi connectivity index (χ1n) is 4.22. The second kappa shape index (κ2) is 4.83. The van der Waals surface area contributed by atoms with E-state index in [1.165, 1.54) is 12.1 Å². The Morgan fingerprint density at radius 1 is 1.64 bits per heavy atom. The number of rotatable bonds is 3. The minimum absolute atomic E-state index is 0.00274. The Labute approximate surface area is 87.3 Å². The highest BCUT2D eigenvalue weighted by Crippen LogP contribution is 2.23. The molecule has 1 N–H and O–H groups in total. The van der Waals surface area contributed by atoms with Crippen LogP contribution in [0.1, 0.15) is 13.3 Å². The number of hydrogen-bond acceptors (Lipinski definition) is 2. The molecule has 4 heteroatoms. The van der Waals surface area contributed by atoms with Crippen LogP contribution in [0, 0.1) is 17.1 Å². The van der Waals surface area contributed by atoms with Crippen LogP contribution in [-0.2, 0) is 0 Å². The average Bonchev–Trinajstić information content (AvgIpc) is 2.10. The fourth-order valence-electron chi connectivity index (χ4n) is 1.06. The topological polar surface area (TPSA) is 35.8 Å². The van der Waals surface area contributed by atoms with E-state index < -0.39 is 0 Å². The van der Waals surface area contributed by atoms with Gasteiger partial charge in [-0.1, -0.05) is 11.6 Å². The molecule has 2 nitrogen and oxygen atoms in total. The van der Waals surface area contributed by atoms with E-state index in [1.807, 2.05) is 13.0 Å². The summed E-state index contributed by atoms with van der Waals surface area (Å²) in [5.41, 5.74) is 0.649. The van der Waals surface area contributed by atoms with Crippen molar-refractivity contribution in [3.8, 4) is 6.07 Å². The third-order valence-corrected chi connectivity index (χ3v) is 2.04. The lowest BCUT2D eigenvalue weighted by Gasteiger charge is -2.12. The molecule has 1 aromatic carbocycles. The van der Waals surface area contributed by atoms with Gasteiger partial charge in [-0.3, -0.25) is 0 Å². The van der Waals surface area contributed by atoms with Crippen LogP contribution in [0.3, 0.4) is 0 Å². The lowest BCUT2D eigenvalue weighted by molar-refractivity contribution is 0.628. The summed E-state index contributed by atoms with van der Waals surface area (Å²) in [6.45, 7) is 1.86. The first-order valence-corrected chi connectivity index (χ1v) is 4.60. The summed E-state index contributed by atoms with van der Waals surface area (Å²) in [6.07, 6.45) is 0.383. The second-order valence-electron chi connectivity index (χ2n) is 3.03. The molecule has 0 heterocycles. The van der Waals surface area contributed by atoms with Gasteiger partial charge in [-0.05, 0) is 25.1 Å². The van der Waals surface area contributed by atoms with Gasteiger partial charge in [-0.25, -0.2) is 4.39 Å². The van der Waals surface area contributed by atoms with E-state index >= 15 is 0 Å². The van der Waals surface area contributed by atoms with E-state index in [1.54, 1.807) is 6.07 Å². The molecule has 14 heavy (non-hydrogen) atoms. The van der Waals surface area contributed by atoms with Crippen LogP contribution < -0.4 is 5.32 Å². The van der Waals surface area contributed by atoms with Crippen molar-refractivity contribution in [1.82, 2.24) is 0 Å². The standard InChI is InChI=1S/C10H10ClFN2/c1-7(4-5-13)14-10-3-2-8(12)6-9(10)11/h2-3,6-7,14H,4H2,1H3. The molecule has 74 valence electrons. The smallest absolute Gasteiger partial charge is 0.124 e. The number of halogens is 2. The monoisotopic (exact) mass is 212 g/mol. The maximum absolute atomic E-state index is 12.7. The van der Waals surface area contributed by atoms with Gasteiger partial charge in [-0.15, -0.1) is 0 Å². The van der Waals surface area contributed by atoms with Gasteiger partial charge in [0.15, 0.2) is 0 Å². The van der Waals surface area contributed by atoms with Crippen LogP contribution in [0.4, 0.5) is 10.1 Å². The van der Waals surface area contributed by atoms with Crippen molar-refractivity contribution in [1.29, 1.82) is 5.26 Å². The van der Waals surface area contributed by atoms with Gasteiger partial charge in [0, 0.05) is 6.04 Å². The van der Waals surface area contributed by atoms with E-state index in [2.05, 4.69) is 5.32 Å². The van der Waals surface area contributed by atoms with Crippen molar-refractivity contribution in [3.05, 3.63) is 29.0 Å². The summed E-state index contributed by atoms with van der Waals surface area (Å²) < 4.78 is 12.7. The summed E-state index contributed by atoms with van der Waals surface area (Å²) in [7, 11) is 0. The normalized spacial score (nSPS) is 11.9. The fourth-order valence-corrected chi connectivity index (χ4v) is 1.28. The second-order valence-corrected chi connectivity index (χ2v) is 3.44. The zero-order valence-corrected chi connectivity index (χ0v) is 8.48. The van der Waals surface area contributed by atoms with Gasteiger partial charge in [0.1, 0.15) is 5.82 Å². The van der Waals surface area contributed by atoms with Gasteiger partial charge in [-0.2, -0.15) is 5.26 Å². The summed E-state index contributed by atoms with van der Waals surface area (Å²) in [5, 5.41) is 11.8. The summed E-state index contributed by atoms with van der Waals surface area (Å²) in [6, 6.07) is 6.17. The third kappa shape index (κ3) is 2.90. The number of hydrogen-bond donors (Lipinski definition) is 1. The van der Waals surface area contributed by atoms with Crippen LogP contribution in [0.25, 0.3) is 0 Å². The van der Waals surface area contributed by atoms with Crippen molar-refractivity contribution in [2.75, 3.05) is 5.32 Å². The number of benzene rings is 1. The first-order chi connectivity index (χ1) is 6.63. The molecule has 0 aromatic heterocycles. The summed E-state index contributed by atoms with van der Waals surface area (Å²) in [5.74, 6) is -0.367. The van der Waals surface area contributed by atoms with Crippen LogP contribution in [-0.4, -0.2) is 6.04 Å². The Morgan fingerprint density at radius 3 is 2.93 bits per heavy atom.